The predicted molar refractivity (Wildman–Crippen MR) is 59.6 cm³/mol. The minimum Gasteiger partial charge on any atom is -0.378 e. The molecule has 78 valence electrons. The highest BCUT2D eigenvalue weighted by molar-refractivity contribution is 9.09. The van der Waals surface area contributed by atoms with Crippen molar-refractivity contribution in [1.29, 1.82) is 0 Å². The third-order valence-electron chi connectivity index (χ3n) is 1.63. The Kier molecular flexibility index (Phi) is 5.47. The molecule has 0 spiro atoms. The largest absolute Gasteiger partial charge is 0.378 e. The molecule has 0 fully saturated rings. The summed E-state index contributed by atoms with van der Waals surface area (Å²) >= 11 is 3.37. The first-order valence-electron chi connectivity index (χ1n) is 4.46. The maximum Gasteiger partial charge on any atom is 0.129 e. The Labute approximate surface area is 92.2 Å². The monoisotopic (exact) mass is 259 g/mol. The van der Waals surface area contributed by atoms with Gasteiger partial charge in [-0.15, -0.1) is 0 Å². The van der Waals surface area contributed by atoms with Gasteiger partial charge in [-0.05, 0) is 6.42 Å². The summed E-state index contributed by atoms with van der Waals surface area (Å²) in [6.45, 7) is 1.43. The minimum atomic E-state index is 0.523. The first-order valence-corrected chi connectivity index (χ1v) is 5.58. The van der Waals surface area contributed by atoms with Crippen molar-refractivity contribution in [2.24, 2.45) is 0 Å². The normalized spacial score (nSPS) is 10.1. The van der Waals surface area contributed by atoms with Gasteiger partial charge in [0.2, 0.25) is 0 Å². The summed E-state index contributed by atoms with van der Waals surface area (Å²) in [4.78, 5) is 8.17. The van der Waals surface area contributed by atoms with Gasteiger partial charge in [0.25, 0.3) is 0 Å². The van der Waals surface area contributed by atoms with E-state index in [1.165, 1.54) is 0 Å². The van der Waals surface area contributed by atoms with Crippen LogP contribution in [0.4, 0.5) is 5.82 Å². The molecule has 0 amide bonds. The molecular weight excluding hydrogens is 246 g/mol. The summed E-state index contributed by atoms with van der Waals surface area (Å²) in [6, 6.07) is 1.90. The highest BCUT2D eigenvalue weighted by Gasteiger charge is 1.97. The van der Waals surface area contributed by atoms with Gasteiger partial charge in [0.1, 0.15) is 12.1 Å². The Hall–Kier alpha value is -0.680. The van der Waals surface area contributed by atoms with Crippen molar-refractivity contribution in [3.05, 3.63) is 18.1 Å². The van der Waals surface area contributed by atoms with Crippen LogP contribution < -0.4 is 5.32 Å². The molecule has 0 atom stereocenters. The van der Waals surface area contributed by atoms with Crippen molar-refractivity contribution >= 4 is 21.7 Å². The van der Waals surface area contributed by atoms with Crippen LogP contribution in [0.5, 0.6) is 0 Å². The van der Waals surface area contributed by atoms with Crippen molar-refractivity contribution in [2.75, 3.05) is 24.3 Å². The van der Waals surface area contributed by atoms with Crippen LogP contribution in [0, 0.1) is 0 Å². The molecule has 0 aliphatic carbocycles. The third kappa shape index (κ3) is 4.02. The molecule has 0 unspecified atom stereocenters. The molecule has 0 saturated carbocycles. The van der Waals surface area contributed by atoms with Gasteiger partial charge in [-0.3, -0.25) is 0 Å². The van der Waals surface area contributed by atoms with E-state index in [0.717, 1.165) is 29.8 Å². The molecule has 0 saturated heterocycles. The topological polar surface area (TPSA) is 47.0 Å². The van der Waals surface area contributed by atoms with Gasteiger partial charge in [-0.25, -0.2) is 9.97 Å². The van der Waals surface area contributed by atoms with E-state index in [0.29, 0.717) is 6.61 Å². The Morgan fingerprint density at radius 3 is 3.07 bits per heavy atom. The van der Waals surface area contributed by atoms with Crippen LogP contribution in [0.25, 0.3) is 0 Å². The average molecular weight is 260 g/mol. The lowest BCUT2D eigenvalue weighted by molar-refractivity contribution is 0.181. The van der Waals surface area contributed by atoms with Crippen LogP contribution in [0.15, 0.2) is 12.4 Å². The smallest absolute Gasteiger partial charge is 0.129 e. The Morgan fingerprint density at radius 2 is 2.36 bits per heavy atom. The number of ether oxygens (including phenoxy) is 1. The second-order valence-electron chi connectivity index (χ2n) is 2.80. The van der Waals surface area contributed by atoms with Gasteiger partial charge >= 0.3 is 0 Å². The van der Waals surface area contributed by atoms with Crippen LogP contribution in [0.3, 0.4) is 0 Å². The van der Waals surface area contributed by atoms with Crippen molar-refractivity contribution < 1.29 is 4.74 Å². The number of nitrogens with zero attached hydrogens (tertiary/aromatic N) is 2. The predicted octanol–water partition coefficient (Wildman–Crippen LogP) is 1.82. The zero-order valence-corrected chi connectivity index (χ0v) is 9.75. The lowest BCUT2D eigenvalue weighted by Gasteiger charge is -2.05. The number of methoxy groups -OCH3 is 1. The fourth-order valence-electron chi connectivity index (χ4n) is 1.00. The maximum atomic E-state index is 4.98. The molecule has 0 aromatic carbocycles. The fourth-order valence-corrected chi connectivity index (χ4v) is 1.28. The Bertz CT molecular complexity index is 270. The first-order chi connectivity index (χ1) is 6.86. The summed E-state index contributed by atoms with van der Waals surface area (Å²) < 4.78 is 4.98. The molecule has 1 N–H and O–H groups in total. The van der Waals surface area contributed by atoms with Crippen LogP contribution in [0.1, 0.15) is 12.1 Å². The SMILES string of the molecule is COCc1cc(NCCCBr)ncn1. The number of hydrogen-bond acceptors (Lipinski definition) is 4. The first kappa shape index (κ1) is 11.4. The minimum absolute atomic E-state index is 0.523. The van der Waals surface area contributed by atoms with Crippen molar-refractivity contribution in [2.45, 2.75) is 13.0 Å². The van der Waals surface area contributed by atoms with Gasteiger partial charge in [0.15, 0.2) is 0 Å². The van der Waals surface area contributed by atoms with E-state index >= 15 is 0 Å². The van der Waals surface area contributed by atoms with Crippen molar-refractivity contribution in [3.63, 3.8) is 0 Å². The van der Waals surface area contributed by atoms with Crippen molar-refractivity contribution in [1.82, 2.24) is 9.97 Å². The number of anilines is 1. The molecule has 0 bridgehead atoms. The second-order valence-corrected chi connectivity index (χ2v) is 3.59. The van der Waals surface area contributed by atoms with Gasteiger partial charge in [-0.2, -0.15) is 0 Å². The van der Waals surface area contributed by atoms with E-state index in [1.807, 2.05) is 6.07 Å². The number of rotatable bonds is 6. The van der Waals surface area contributed by atoms with Gasteiger partial charge in [0.05, 0.1) is 12.3 Å². The number of aromatic nitrogens is 2. The van der Waals surface area contributed by atoms with E-state index in [9.17, 15) is 0 Å². The van der Waals surface area contributed by atoms with Crippen molar-refractivity contribution in [3.8, 4) is 0 Å². The quantitative estimate of drug-likeness (QED) is 0.626. The van der Waals surface area contributed by atoms with E-state index in [-0.39, 0.29) is 0 Å². The van der Waals surface area contributed by atoms with Gasteiger partial charge < -0.3 is 10.1 Å². The molecule has 0 radical (unpaired) electrons. The highest BCUT2D eigenvalue weighted by atomic mass is 79.9. The molecule has 0 aliphatic heterocycles. The summed E-state index contributed by atoms with van der Waals surface area (Å²) in [7, 11) is 1.65. The zero-order chi connectivity index (χ0) is 10.2. The number of alkyl halides is 1. The van der Waals surface area contributed by atoms with Crippen LogP contribution in [-0.4, -0.2) is 29.0 Å². The van der Waals surface area contributed by atoms with Crippen LogP contribution >= 0.6 is 15.9 Å². The maximum absolute atomic E-state index is 4.98. The third-order valence-corrected chi connectivity index (χ3v) is 2.19. The summed E-state index contributed by atoms with van der Waals surface area (Å²) in [5.41, 5.74) is 0.892. The summed E-state index contributed by atoms with van der Waals surface area (Å²) in [5.74, 6) is 0.855. The lowest BCUT2D eigenvalue weighted by atomic mass is 10.4. The molecular formula is C9H14BrN3O. The molecule has 14 heavy (non-hydrogen) atoms. The fraction of sp³-hybridized carbons (Fsp3) is 0.556. The Balaban J connectivity index is 2.46. The molecule has 1 aromatic heterocycles. The van der Waals surface area contributed by atoms with E-state index in [1.54, 1.807) is 13.4 Å². The number of hydrogen-bond donors (Lipinski definition) is 1. The number of nitrogens with one attached hydrogen (secondary N) is 1. The molecule has 1 rings (SSSR count). The Morgan fingerprint density at radius 1 is 1.50 bits per heavy atom. The van der Waals surface area contributed by atoms with E-state index < -0.39 is 0 Å². The van der Waals surface area contributed by atoms with E-state index in [2.05, 4.69) is 31.2 Å². The van der Waals surface area contributed by atoms with E-state index in [4.69, 9.17) is 4.74 Å². The molecule has 0 aliphatic rings. The van der Waals surface area contributed by atoms with Crippen LogP contribution in [-0.2, 0) is 11.3 Å². The van der Waals surface area contributed by atoms with Crippen LogP contribution in [0.2, 0.25) is 0 Å². The molecule has 1 heterocycles. The lowest BCUT2D eigenvalue weighted by Crippen LogP contribution is -2.05. The molecule has 5 heteroatoms. The molecule has 4 nitrogen and oxygen atoms in total. The summed E-state index contributed by atoms with van der Waals surface area (Å²) in [5, 5.41) is 4.20. The zero-order valence-electron chi connectivity index (χ0n) is 8.16. The summed E-state index contributed by atoms with van der Waals surface area (Å²) in [6.07, 6.45) is 2.62. The molecule has 1 aromatic rings. The van der Waals surface area contributed by atoms with Gasteiger partial charge in [0, 0.05) is 25.1 Å². The number of halogens is 1. The standard InChI is InChI=1S/C9H14BrN3O/c1-14-6-8-5-9(13-7-12-8)11-4-2-3-10/h5,7H,2-4,6H2,1H3,(H,11,12,13). The van der Waals surface area contributed by atoms with Gasteiger partial charge in [-0.1, -0.05) is 15.9 Å². The average Bonchev–Trinajstić information content (AvgIpc) is 2.19. The second kappa shape index (κ2) is 6.73. The highest BCUT2D eigenvalue weighted by Crippen LogP contribution is 2.04.